The van der Waals surface area contributed by atoms with Crippen molar-refractivity contribution in [2.75, 3.05) is 6.61 Å². The van der Waals surface area contributed by atoms with Gasteiger partial charge in [-0.05, 0) is 106 Å². The van der Waals surface area contributed by atoms with E-state index in [1.54, 1.807) is 11.1 Å². The second-order valence-corrected chi connectivity index (χ2v) is 9.21. The van der Waals surface area contributed by atoms with E-state index in [0.717, 1.165) is 30.3 Å². The SMILES string of the molecule is CC=CCOC1CCC2CC(C3CCc4cc(C)ccc4C3)CCC2C1. The van der Waals surface area contributed by atoms with E-state index < -0.39 is 0 Å². The molecule has 0 aliphatic heterocycles. The average molecular weight is 353 g/mol. The summed E-state index contributed by atoms with van der Waals surface area (Å²) in [7, 11) is 0. The maximum Gasteiger partial charge on any atom is 0.0651 e. The number of benzene rings is 1. The lowest BCUT2D eigenvalue weighted by molar-refractivity contribution is -0.0138. The first-order valence-corrected chi connectivity index (χ1v) is 11.0. The molecule has 0 N–H and O–H groups in total. The van der Waals surface area contributed by atoms with Gasteiger partial charge in [0, 0.05) is 0 Å². The van der Waals surface area contributed by atoms with Crippen LogP contribution in [0.5, 0.6) is 0 Å². The number of hydrogen-bond acceptors (Lipinski definition) is 1. The van der Waals surface area contributed by atoms with E-state index in [4.69, 9.17) is 4.74 Å². The molecule has 3 aliphatic rings. The average Bonchev–Trinajstić information content (AvgIpc) is 2.67. The van der Waals surface area contributed by atoms with Crippen LogP contribution in [0, 0.1) is 30.6 Å². The predicted octanol–water partition coefficient (Wildman–Crippen LogP) is 6.28. The van der Waals surface area contributed by atoms with Gasteiger partial charge in [0.05, 0.1) is 12.7 Å². The van der Waals surface area contributed by atoms with Gasteiger partial charge in [0.25, 0.3) is 0 Å². The lowest BCUT2D eigenvalue weighted by Crippen LogP contribution is -2.37. The topological polar surface area (TPSA) is 9.23 Å². The largest absolute Gasteiger partial charge is 0.374 e. The molecular formula is C25H36O. The standard InChI is InChI=1S/C25H36O/c1-3-4-13-26-25-12-11-23-16-22(9-10-24(23)17-25)21-8-7-19-14-18(2)5-6-20(19)15-21/h3-6,14,21-25H,7-13,15-17H2,1-2H3. The van der Waals surface area contributed by atoms with Gasteiger partial charge in [-0.1, -0.05) is 35.9 Å². The Bertz CT molecular complexity index is 631. The van der Waals surface area contributed by atoms with E-state index in [-0.39, 0.29) is 0 Å². The fraction of sp³-hybridized carbons (Fsp3) is 0.680. The van der Waals surface area contributed by atoms with Crippen LogP contribution in [0.2, 0.25) is 0 Å². The quantitative estimate of drug-likeness (QED) is 0.580. The minimum absolute atomic E-state index is 0.522. The number of allylic oxidation sites excluding steroid dienone is 1. The number of hydrogen-bond donors (Lipinski definition) is 0. The zero-order valence-electron chi connectivity index (χ0n) is 16.8. The van der Waals surface area contributed by atoms with E-state index in [1.807, 2.05) is 0 Å². The highest BCUT2D eigenvalue weighted by Gasteiger charge is 2.38. The van der Waals surface area contributed by atoms with Gasteiger partial charge in [-0.15, -0.1) is 0 Å². The normalized spacial score (nSPS) is 34.5. The van der Waals surface area contributed by atoms with E-state index in [1.165, 1.54) is 63.4 Å². The molecule has 142 valence electrons. The first-order chi connectivity index (χ1) is 12.7. The lowest BCUT2D eigenvalue weighted by atomic mass is 9.62. The molecule has 0 amide bonds. The summed E-state index contributed by atoms with van der Waals surface area (Å²) in [5, 5.41) is 0. The first kappa shape index (κ1) is 18.3. The molecule has 4 rings (SSSR count). The summed E-state index contributed by atoms with van der Waals surface area (Å²) in [6.45, 7) is 5.11. The maximum atomic E-state index is 6.08. The minimum Gasteiger partial charge on any atom is -0.374 e. The molecular weight excluding hydrogens is 316 g/mol. The van der Waals surface area contributed by atoms with Gasteiger partial charge in [-0.3, -0.25) is 0 Å². The molecule has 2 saturated carbocycles. The van der Waals surface area contributed by atoms with Gasteiger partial charge < -0.3 is 4.74 Å². The number of rotatable bonds is 4. The van der Waals surface area contributed by atoms with Crippen LogP contribution >= 0.6 is 0 Å². The summed E-state index contributed by atoms with van der Waals surface area (Å²) >= 11 is 0. The van der Waals surface area contributed by atoms with Crippen molar-refractivity contribution in [1.29, 1.82) is 0 Å². The van der Waals surface area contributed by atoms with Crippen LogP contribution < -0.4 is 0 Å². The molecule has 26 heavy (non-hydrogen) atoms. The monoisotopic (exact) mass is 352 g/mol. The van der Waals surface area contributed by atoms with Crippen molar-refractivity contribution in [3.05, 3.63) is 47.0 Å². The Morgan fingerprint density at radius 1 is 0.923 bits per heavy atom. The summed E-state index contributed by atoms with van der Waals surface area (Å²) in [6, 6.07) is 7.15. The summed E-state index contributed by atoms with van der Waals surface area (Å²) in [5.74, 6) is 3.84. The minimum atomic E-state index is 0.522. The Morgan fingerprint density at radius 3 is 2.54 bits per heavy atom. The van der Waals surface area contributed by atoms with Crippen LogP contribution in [0.25, 0.3) is 0 Å². The van der Waals surface area contributed by atoms with Gasteiger partial charge in [-0.25, -0.2) is 0 Å². The number of fused-ring (bicyclic) bond motifs is 2. The number of ether oxygens (including phenoxy) is 1. The van der Waals surface area contributed by atoms with E-state index in [9.17, 15) is 0 Å². The van der Waals surface area contributed by atoms with Gasteiger partial charge in [0.1, 0.15) is 0 Å². The van der Waals surface area contributed by atoms with Crippen molar-refractivity contribution in [2.24, 2.45) is 23.7 Å². The second kappa shape index (κ2) is 8.30. The lowest BCUT2D eigenvalue weighted by Gasteiger charge is -2.44. The molecule has 1 heteroatoms. The highest BCUT2D eigenvalue weighted by Crippen LogP contribution is 2.47. The zero-order valence-corrected chi connectivity index (χ0v) is 16.8. The van der Waals surface area contributed by atoms with E-state index >= 15 is 0 Å². The van der Waals surface area contributed by atoms with Crippen LogP contribution in [0.4, 0.5) is 0 Å². The molecule has 2 fully saturated rings. The molecule has 0 radical (unpaired) electrons. The van der Waals surface area contributed by atoms with Crippen molar-refractivity contribution in [3.63, 3.8) is 0 Å². The zero-order chi connectivity index (χ0) is 17.9. The van der Waals surface area contributed by atoms with Gasteiger partial charge in [-0.2, -0.15) is 0 Å². The van der Waals surface area contributed by atoms with Gasteiger partial charge in [0.2, 0.25) is 0 Å². The molecule has 0 heterocycles. The number of aryl methyl sites for hydroxylation is 2. The van der Waals surface area contributed by atoms with Crippen molar-refractivity contribution >= 4 is 0 Å². The molecule has 0 aromatic heterocycles. The molecule has 1 nitrogen and oxygen atoms in total. The highest BCUT2D eigenvalue weighted by molar-refractivity contribution is 5.33. The molecule has 0 spiro atoms. The molecule has 5 atom stereocenters. The Hall–Kier alpha value is -1.08. The Balaban J connectivity index is 1.31. The second-order valence-electron chi connectivity index (χ2n) is 9.21. The summed E-state index contributed by atoms with van der Waals surface area (Å²) in [5.41, 5.74) is 4.71. The summed E-state index contributed by atoms with van der Waals surface area (Å²) in [6.07, 6.45) is 17.3. The first-order valence-electron chi connectivity index (χ1n) is 11.0. The fourth-order valence-electron chi connectivity index (χ4n) is 6.06. The molecule has 5 unspecified atom stereocenters. The van der Waals surface area contributed by atoms with E-state index in [0.29, 0.717) is 6.10 Å². The fourth-order valence-corrected chi connectivity index (χ4v) is 6.06. The third-order valence-electron chi connectivity index (χ3n) is 7.56. The van der Waals surface area contributed by atoms with Crippen molar-refractivity contribution in [2.45, 2.75) is 77.7 Å². The predicted molar refractivity (Wildman–Crippen MR) is 109 cm³/mol. The van der Waals surface area contributed by atoms with Gasteiger partial charge in [0.15, 0.2) is 0 Å². The van der Waals surface area contributed by atoms with Crippen LogP contribution in [0.1, 0.15) is 68.6 Å². The van der Waals surface area contributed by atoms with Crippen LogP contribution in [0.3, 0.4) is 0 Å². The molecule has 3 aliphatic carbocycles. The van der Waals surface area contributed by atoms with E-state index in [2.05, 4.69) is 44.2 Å². The van der Waals surface area contributed by atoms with Crippen molar-refractivity contribution < 1.29 is 4.74 Å². The third-order valence-corrected chi connectivity index (χ3v) is 7.56. The van der Waals surface area contributed by atoms with Crippen molar-refractivity contribution in [3.8, 4) is 0 Å². The molecule has 0 bridgehead atoms. The highest BCUT2D eigenvalue weighted by atomic mass is 16.5. The Labute approximate surface area is 160 Å². The summed E-state index contributed by atoms with van der Waals surface area (Å²) in [4.78, 5) is 0. The molecule has 1 aromatic rings. The third kappa shape index (κ3) is 4.09. The van der Waals surface area contributed by atoms with Crippen LogP contribution in [-0.2, 0) is 17.6 Å². The Kier molecular flexibility index (Phi) is 5.84. The summed E-state index contributed by atoms with van der Waals surface area (Å²) < 4.78 is 6.08. The molecule has 1 aromatic carbocycles. The van der Waals surface area contributed by atoms with Crippen LogP contribution in [0.15, 0.2) is 30.4 Å². The van der Waals surface area contributed by atoms with Crippen molar-refractivity contribution in [1.82, 2.24) is 0 Å². The van der Waals surface area contributed by atoms with Gasteiger partial charge >= 0.3 is 0 Å². The maximum absolute atomic E-state index is 6.08. The van der Waals surface area contributed by atoms with Crippen LogP contribution in [-0.4, -0.2) is 12.7 Å². The Morgan fingerprint density at radius 2 is 1.69 bits per heavy atom. The molecule has 0 saturated heterocycles. The smallest absolute Gasteiger partial charge is 0.0651 e.